The molecule has 0 aromatic heterocycles. The second-order valence-electron chi connectivity index (χ2n) is 10.2. The van der Waals surface area contributed by atoms with Gasteiger partial charge in [0.15, 0.2) is 6.61 Å². The molecule has 184 valence electrons. The summed E-state index contributed by atoms with van der Waals surface area (Å²) in [6, 6.07) is 15.3. The Hall–Kier alpha value is -2.34. The number of halogens is 1. The van der Waals surface area contributed by atoms with Crippen molar-refractivity contribution < 1.29 is 14.3 Å². The third-order valence-corrected chi connectivity index (χ3v) is 6.94. The molecule has 1 atom stereocenters. The summed E-state index contributed by atoms with van der Waals surface area (Å²) < 4.78 is 6.76. The van der Waals surface area contributed by atoms with E-state index in [0.717, 1.165) is 35.7 Å². The highest BCUT2D eigenvalue weighted by Crippen LogP contribution is 2.24. The Bertz CT molecular complexity index is 962. The number of nitrogens with zero attached hydrogens (tertiary/aromatic N) is 1. The van der Waals surface area contributed by atoms with Crippen LogP contribution in [0.25, 0.3) is 0 Å². The average molecular weight is 530 g/mol. The summed E-state index contributed by atoms with van der Waals surface area (Å²) in [7, 11) is 0. The third kappa shape index (κ3) is 7.59. The highest BCUT2D eigenvalue weighted by atomic mass is 79.9. The fourth-order valence-electron chi connectivity index (χ4n) is 4.26. The first-order chi connectivity index (χ1) is 16.1. The molecule has 1 N–H and O–H groups in total. The molecule has 0 aliphatic heterocycles. The molecule has 1 saturated carbocycles. The summed E-state index contributed by atoms with van der Waals surface area (Å²) in [5.74, 6) is 0.319. The summed E-state index contributed by atoms with van der Waals surface area (Å²) >= 11 is 3.49. The molecule has 0 bridgehead atoms. The van der Waals surface area contributed by atoms with E-state index < -0.39 is 6.04 Å². The minimum atomic E-state index is -0.597. The van der Waals surface area contributed by atoms with Gasteiger partial charge in [-0.25, -0.2) is 0 Å². The molecule has 0 unspecified atom stereocenters. The second kappa shape index (κ2) is 11.9. The number of nitrogens with one attached hydrogen (secondary N) is 1. The van der Waals surface area contributed by atoms with Gasteiger partial charge in [-0.2, -0.15) is 0 Å². The van der Waals surface area contributed by atoms with Gasteiger partial charge in [-0.3, -0.25) is 9.59 Å². The maximum Gasteiger partial charge on any atom is 0.261 e. The Morgan fingerprint density at radius 2 is 1.76 bits per heavy atom. The number of carbonyl (C=O) groups is 2. The molecule has 1 aliphatic carbocycles. The Kier molecular flexibility index (Phi) is 9.17. The molecule has 2 aromatic rings. The molecule has 0 spiro atoms. The normalized spacial score (nSPS) is 15.4. The Labute approximate surface area is 212 Å². The van der Waals surface area contributed by atoms with Crippen LogP contribution in [-0.2, 0) is 21.5 Å². The fourth-order valence-corrected chi connectivity index (χ4v) is 4.71. The fraction of sp³-hybridized carbons (Fsp3) is 0.500. The van der Waals surface area contributed by atoms with Gasteiger partial charge < -0.3 is 15.0 Å². The van der Waals surface area contributed by atoms with Gasteiger partial charge in [0, 0.05) is 17.1 Å². The molecule has 0 saturated heterocycles. The van der Waals surface area contributed by atoms with E-state index in [2.05, 4.69) is 42.0 Å². The minimum absolute atomic E-state index is 0.0518. The number of ether oxygens (including phenoxy) is 1. The van der Waals surface area contributed by atoms with Crippen molar-refractivity contribution in [3.05, 3.63) is 64.1 Å². The van der Waals surface area contributed by atoms with Crippen molar-refractivity contribution in [1.29, 1.82) is 0 Å². The lowest BCUT2D eigenvalue weighted by Crippen LogP contribution is -2.51. The van der Waals surface area contributed by atoms with E-state index in [4.69, 9.17) is 4.74 Å². The van der Waals surface area contributed by atoms with Crippen LogP contribution in [0.15, 0.2) is 53.0 Å². The first kappa shape index (κ1) is 26.3. The van der Waals surface area contributed by atoms with Crippen molar-refractivity contribution in [3.63, 3.8) is 0 Å². The van der Waals surface area contributed by atoms with Crippen LogP contribution in [-0.4, -0.2) is 35.4 Å². The van der Waals surface area contributed by atoms with Gasteiger partial charge in [0.25, 0.3) is 5.91 Å². The van der Waals surface area contributed by atoms with Gasteiger partial charge >= 0.3 is 0 Å². The number of hydrogen-bond acceptors (Lipinski definition) is 3. The summed E-state index contributed by atoms with van der Waals surface area (Å²) in [4.78, 5) is 28.0. The highest BCUT2D eigenvalue weighted by Gasteiger charge is 2.28. The van der Waals surface area contributed by atoms with Crippen LogP contribution < -0.4 is 10.1 Å². The van der Waals surface area contributed by atoms with Gasteiger partial charge in [0.2, 0.25) is 5.91 Å². The van der Waals surface area contributed by atoms with Crippen LogP contribution >= 0.6 is 15.9 Å². The van der Waals surface area contributed by atoms with Gasteiger partial charge in [0.05, 0.1) is 0 Å². The third-order valence-electron chi connectivity index (χ3n) is 6.44. The predicted molar refractivity (Wildman–Crippen MR) is 140 cm³/mol. The summed E-state index contributed by atoms with van der Waals surface area (Å²) in [5.41, 5.74) is 2.21. The molecule has 1 aliphatic rings. The van der Waals surface area contributed by atoms with E-state index in [-0.39, 0.29) is 29.9 Å². The average Bonchev–Trinajstić information content (AvgIpc) is 2.81. The quantitative estimate of drug-likeness (QED) is 0.457. The number of benzene rings is 2. The van der Waals surface area contributed by atoms with Crippen molar-refractivity contribution in [2.75, 3.05) is 6.61 Å². The summed E-state index contributed by atoms with van der Waals surface area (Å²) in [6.45, 7) is 8.49. The van der Waals surface area contributed by atoms with Gasteiger partial charge in [0.1, 0.15) is 11.8 Å². The van der Waals surface area contributed by atoms with Crippen molar-refractivity contribution in [1.82, 2.24) is 10.2 Å². The molecule has 5 nitrogen and oxygen atoms in total. The van der Waals surface area contributed by atoms with Crippen LogP contribution in [0, 0.1) is 0 Å². The van der Waals surface area contributed by atoms with Crippen LogP contribution in [0.1, 0.15) is 70.9 Å². The van der Waals surface area contributed by atoms with Crippen molar-refractivity contribution in [2.45, 2.75) is 83.8 Å². The number of amides is 2. The zero-order valence-electron chi connectivity index (χ0n) is 20.8. The van der Waals surface area contributed by atoms with E-state index in [1.807, 2.05) is 48.5 Å². The van der Waals surface area contributed by atoms with Crippen molar-refractivity contribution >= 4 is 27.7 Å². The molecular weight excluding hydrogens is 492 g/mol. The topological polar surface area (TPSA) is 58.6 Å². The van der Waals surface area contributed by atoms with Gasteiger partial charge in [-0.15, -0.1) is 0 Å². The molecule has 2 amide bonds. The Morgan fingerprint density at radius 1 is 1.09 bits per heavy atom. The van der Waals surface area contributed by atoms with Crippen LogP contribution in [0.2, 0.25) is 0 Å². The van der Waals surface area contributed by atoms with Crippen molar-refractivity contribution in [2.24, 2.45) is 0 Å². The maximum absolute atomic E-state index is 13.3. The molecule has 3 rings (SSSR count). The largest absolute Gasteiger partial charge is 0.484 e. The van der Waals surface area contributed by atoms with Crippen LogP contribution in [0.3, 0.4) is 0 Å². The molecular formula is C28H37BrN2O3. The molecule has 2 aromatic carbocycles. The first-order valence-electron chi connectivity index (χ1n) is 12.2. The number of rotatable bonds is 8. The van der Waals surface area contributed by atoms with E-state index in [9.17, 15) is 9.59 Å². The van der Waals surface area contributed by atoms with Crippen LogP contribution in [0.4, 0.5) is 0 Å². The summed E-state index contributed by atoms with van der Waals surface area (Å²) in [6.07, 6.45) is 5.52. The smallest absolute Gasteiger partial charge is 0.261 e. The monoisotopic (exact) mass is 528 g/mol. The Morgan fingerprint density at radius 3 is 2.38 bits per heavy atom. The molecule has 1 fully saturated rings. The van der Waals surface area contributed by atoms with Gasteiger partial charge in [-0.05, 0) is 60.6 Å². The van der Waals surface area contributed by atoms with Crippen molar-refractivity contribution in [3.8, 4) is 5.75 Å². The van der Waals surface area contributed by atoms with E-state index in [0.29, 0.717) is 12.3 Å². The number of hydrogen-bond donors (Lipinski definition) is 1. The standard InChI is InChI=1S/C28H37BrN2O3/c1-20(27(33)30-24-11-6-5-7-12-24)31(18-21-9-8-10-23(29)17-21)26(32)19-34-25-15-13-22(14-16-25)28(2,3)4/h8-10,13-17,20,24H,5-7,11-12,18-19H2,1-4H3,(H,30,33)/t20-/m1/s1. The van der Waals surface area contributed by atoms with E-state index in [1.165, 1.54) is 12.0 Å². The van der Waals surface area contributed by atoms with E-state index >= 15 is 0 Å². The van der Waals surface area contributed by atoms with Gasteiger partial charge in [-0.1, -0.05) is 80.2 Å². The molecule has 6 heteroatoms. The zero-order chi connectivity index (χ0) is 24.7. The zero-order valence-corrected chi connectivity index (χ0v) is 22.4. The minimum Gasteiger partial charge on any atom is -0.484 e. The lowest BCUT2D eigenvalue weighted by atomic mass is 9.87. The van der Waals surface area contributed by atoms with Crippen LogP contribution in [0.5, 0.6) is 5.75 Å². The lowest BCUT2D eigenvalue weighted by Gasteiger charge is -2.31. The predicted octanol–water partition coefficient (Wildman–Crippen LogP) is 5.99. The SMILES string of the molecule is C[C@H](C(=O)NC1CCCCC1)N(Cc1cccc(Br)c1)C(=O)COc1ccc(C(C)(C)C)cc1. The van der Waals surface area contributed by atoms with E-state index in [1.54, 1.807) is 11.8 Å². The number of carbonyl (C=O) groups excluding carboxylic acids is 2. The highest BCUT2D eigenvalue weighted by molar-refractivity contribution is 9.10. The second-order valence-corrected chi connectivity index (χ2v) is 11.1. The molecule has 34 heavy (non-hydrogen) atoms. The Balaban J connectivity index is 1.69. The molecule has 0 heterocycles. The first-order valence-corrected chi connectivity index (χ1v) is 13.0. The molecule has 0 radical (unpaired) electrons. The maximum atomic E-state index is 13.3. The summed E-state index contributed by atoms with van der Waals surface area (Å²) in [5, 5.41) is 3.16. The lowest BCUT2D eigenvalue weighted by molar-refractivity contribution is -0.142.